The zero-order valence-corrected chi connectivity index (χ0v) is 11.1. The minimum Gasteiger partial charge on any atom is -0.330 e. The van der Waals surface area contributed by atoms with Crippen LogP contribution in [0.5, 0.6) is 0 Å². The fraction of sp³-hybridized carbons (Fsp3) is 0.692. The molecule has 4 nitrogen and oxygen atoms in total. The molecule has 0 saturated heterocycles. The SMILES string of the molecule is Cc1cnc(=O)n(CCCCC(C)(C)CN)c1. The summed E-state index contributed by atoms with van der Waals surface area (Å²) in [7, 11) is 0. The van der Waals surface area contributed by atoms with Crippen molar-refractivity contribution >= 4 is 0 Å². The van der Waals surface area contributed by atoms with Gasteiger partial charge in [0, 0.05) is 18.9 Å². The van der Waals surface area contributed by atoms with Gasteiger partial charge in [0.15, 0.2) is 0 Å². The normalized spacial score (nSPS) is 11.8. The van der Waals surface area contributed by atoms with Crippen molar-refractivity contribution in [2.45, 2.75) is 46.6 Å². The molecule has 0 atom stereocenters. The molecule has 96 valence electrons. The molecule has 0 aromatic carbocycles. The second-order valence-corrected chi connectivity index (χ2v) is 5.43. The number of unbranched alkanes of at least 4 members (excludes halogenated alkanes) is 1. The van der Waals surface area contributed by atoms with Gasteiger partial charge in [-0.1, -0.05) is 20.3 Å². The van der Waals surface area contributed by atoms with E-state index in [1.807, 2.05) is 13.1 Å². The Morgan fingerprint density at radius 2 is 2.12 bits per heavy atom. The highest BCUT2D eigenvalue weighted by Crippen LogP contribution is 2.21. The van der Waals surface area contributed by atoms with Crippen molar-refractivity contribution in [3.63, 3.8) is 0 Å². The van der Waals surface area contributed by atoms with Crippen LogP contribution in [0, 0.1) is 12.3 Å². The van der Waals surface area contributed by atoms with Crippen LogP contribution in [0.3, 0.4) is 0 Å². The highest BCUT2D eigenvalue weighted by atomic mass is 16.1. The molecular formula is C13H23N3O. The van der Waals surface area contributed by atoms with Crippen LogP contribution in [-0.2, 0) is 6.54 Å². The Hall–Kier alpha value is -1.16. The minimum absolute atomic E-state index is 0.159. The Kier molecular flexibility index (Phi) is 4.87. The molecule has 0 unspecified atom stereocenters. The molecular weight excluding hydrogens is 214 g/mol. The Morgan fingerprint density at radius 1 is 1.41 bits per heavy atom. The van der Waals surface area contributed by atoms with Crippen molar-refractivity contribution in [2.24, 2.45) is 11.1 Å². The number of nitrogens with two attached hydrogens (primary N) is 1. The van der Waals surface area contributed by atoms with Crippen LogP contribution in [0.15, 0.2) is 17.2 Å². The largest absolute Gasteiger partial charge is 0.347 e. The van der Waals surface area contributed by atoms with Gasteiger partial charge in [-0.3, -0.25) is 4.57 Å². The Balaban J connectivity index is 2.41. The summed E-state index contributed by atoms with van der Waals surface area (Å²) in [6, 6.07) is 0. The van der Waals surface area contributed by atoms with E-state index in [0.29, 0.717) is 6.54 Å². The molecule has 0 aliphatic carbocycles. The Labute approximate surface area is 103 Å². The van der Waals surface area contributed by atoms with Crippen LogP contribution >= 0.6 is 0 Å². The second-order valence-electron chi connectivity index (χ2n) is 5.43. The zero-order valence-electron chi connectivity index (χ0n) is 11.1. The summed E-state index contributed by atoms with van der Waals surface area (Å²) in [6.07, 6.45) is 6.65. The van der Waals surface area contributed by atoms with Crippen molar-refractivity contribution in [2.75, 3.05) is 6.54 Å². The molecule has 0 spiro atoms. The molecule has 1 heterocycles. The first-order valence-corrected chi connectivity index (χ1v) is 6.18. The van der Waals surface area contributed by atoms with E-state index in [4.69, 9.17) is 5.73 Å². The molecule has 0 radical (unpaired) electrons. The Bertz CT molecular complexity index is 409. The molecule has 0 saturated carbocycles. The Morgan fingerprint density at radius 3 is 2.76 bits per heavy atom. The van der Waals surface area contributed by atoms with Gasteiger partial charge in [-0.15, -0.1) is 0 Å². The van der Waals surface area contributed by atoms with Gasteiger partial charge in [-0.2, -0.15) is 0 Å². The minimum atomic E-state index is -0.159. The molecule has 4 heteroatoms. The quantitative estimate of drug-likeness (QED) is 0.766. The molecule has 0 aliphatic heterocycles. The van der Waals surface area contributed by atoms with E-state index in [1.54, 1.807) is 10.8 Å². The lowest BCUT2D eigenvalue weighted by Gasteiger charge is -2.21. The molecule has 2 N–H and O–H groups in total. The summed E-state index contributed by atoms with van der Waals surface area (Å²) in [5.41, 5.74) is 6.74. The lowest BCUT2D eigenvalue weighted by Crippen LogP contribution is -2.24. The molecule has 1 rings (SSSR count). The number of aromatic nitrogens is 2. The fourth-order valence-electron chi connectivity index (χ4n) is 1.71. The predicted octanol–water partition coefficient (Wildman–Crippen LogP) is 1.71. The van der Waals surface area contributed by atoms with Crippen LogP contribution in [0.25, 0.3) is 0 Å². The van der Waals surface area contributed by atoms with E-state index in [-0.39, 0.29) is 11.1 Å². The highest BCUT2D eigenvalue weighted by molar-refractivity contribution is 4.99. The number of nitrogens with zero attached hydrogens (tertiary/aromatic N) is 2. The van der Waals surface area contributed by atoms with Crippen molar-refractivity contribution < 1.29 is 0 Å². The molecule has 0 bridgehead atoms. The van der Waals surface area contributed by atoms with Crippen molar-refractivity contribution in [1.29, 1.82) is 0 Å². The molecule has 0 aliphatic rings. The third-order valence-electron chi connectivity index (χ3n) is 3.04. The predicted molar refractivity (Wildman–Crippen MR) is 69.9 cm³/mol. The maximum absolute atomic E-state index is 11.5. The van der Waals surface area contributed by atoms with E-state index < -0.39 is 0 Å². The number of rotatable bonds is 6. The van der Waals surface area contributed by atoms with Gasteiger partial charge in [-0.05, 0) is 37.3 Å². The van der Waals surface area contributed by atoms with Gasteiger partial charge in [0.1, 0.15) is 0 Å². The van der Waals surface area contributed by atoms with Crippen LogP contribution in [0.1, 0.15) is 38.7 Å². The zero-order chi connectivity index (χ0) is 12.9. The van der Waals surface area contributed by atoms with Crippen molar-refractivity contribution in [1.82, 2.24) is 9.55 Å². The summed E-state index contributed by atoms with van der Waals surface area (Å²) in [6.45, 7) is 7.74. The standard InChI is InChI=1S/C13H23N3O/c1-11-8-15-12(17)16(9-11)7-5-4-6-13(2,3)10-14/h8-9H,4-7,10,14H2,1-3H3. The van der Waals surface area contributed by atoms with Gasteiger partial charge in [0.05, 0.1) is 0 Å². The van der Waals surface area contributed by atoms with E-state index in [1.165, 1.54) is 0 Å². The monoisotopic (exact) mass is 237 g/mol. The third kappa shape index (κ3) is 4.69. The van der Waals surface area contributed by atoms with E-state index in [9.17, 15) is 4.79 Å². The van der Waals surface area contributed by atoms with Gasteiger partial charge in [0.2, 0.25) is 0 Å². The van der Waals surface area contributed by atoms with Gasteiger partial charge >= 0.3 is 5.69 Å². The van der Waals surface area contributed by atoms with E-state index in [0.717, 1.165) is 31.4 Å². The van der Waals surface area contributed by atoms with Gasteiger partial charge in [0.25, 0.3) is 0 Å². The van der Waals surface area contributed by atoms with E-state index >= 15 is 0 Å². The van der Waals surface area contributed by atoms with Crippen molar-refractivity contribution in [3.8, 4) is 0 Å². The molecule has 0 amide bonds. The van der Waals surface area contributed by atoms with Crippen molar-refractivity contribution in [3.05, 3.63) is 28.4 Å². The molecule has 1 aromatic heterocycles. The smallest absolute Gasteiger partial charge is 0.330 e. The summed E-state index contributed by atoms with van der Waals surface area (Å²) >= 11 is 0. The first-order valence-electron chi connectivity index (χ1n) is 6.18. The summed E-state index contributed by atoms with van der Waals surface area (Å²) in [5, 5.41) is 0. The summed E-state index contributed by atoms with van der Waals surface area (Å²) < 4.78 is 1.69. The summed E-state index contributed by atoms with van der Waals surface area (Å²) in [4.78, 5) is 15.3. The number of aryl methyl sites for hydroxylation is 2. The number of hydrogen-bond acceptors (Lipinski definition) is 3. The molecule has 17 heavy (non-hydrogen) atoms. The highest BCUT2D eigenvalue weighted by Gasteiger charge is 2.14. The first-order chi connectivity index (χ1) is 7.94. The summed E-state index contributed by atoms with van der Waals surface area (Å²) in [5.74, 6) is 0. The topological polar surface area (TPSA) is 60.9 Å². The average molecular weight is 237 g/mol. The second kappa shape index (κ2) is 5.96. The molecule has 0 fully saturated rings. The van der Waals surface area contributed by atoms with Crippen LogP contribution in [-0.4, -0.2) is 16.1 Å². The van der Waals surface area contributed by atoms with Gasteiger partial charge in [-0.25, -0.2) is 9.78 Å². The molecule has 1 aromatic rings. The van der Waals surface area contributed by atoms with Crippen LogP contribution in [0.4, 0.5) is 0 Å². The van der Waals surface area contributed by atoms with Crippen LogP contribution < -0.4 is 11.4 Å². The lowest BCUT2D eigenvalue weighted by molar-refractivity contribution is 0.328. The number of hydrogen-bond donors (Lipinski definition) is 1. The first kappa shape index (κ1) is 13.9. The maximum atomic E-state index is 11.5. The fourth-order valence-corrected chi connectivity index (χ4v) is 1.71. The van der Waals surface area contributed by atoms with Crippen LogP contribution in [0.2, 0.25) is 0 Å². The maximum Gasteiger partial charge on any atom is 0.347 e. The van der Waals surface area contributed by atoms with Gasteiger partial charge < -0.3 is 5.73 Å². The third-order valence-corrected chi connectivity index (χ3v) is 3.04. The average Bonchev–Trinajstić information content (AvgIpc) is 2.29. The lowest BCUT2D eigenvalue weighted by atomic mass is 9.87. The van der Waals surface area contributed by atoms with E-state index in [2.05, 4.69) is 18.8 Å².